The number of hydrogen-bond acceptors (Lipinski definition) is 1. The van der Waals surface area contributed by atoms with E-state index in [9.17, 15) is 5.11 Å². The molecule has 2 aromatic rings. The highest BCUT2D eigenvalue weighted by Crippen LogP contribution is 2.25. The van der Waals surface area contributed by atoms with Crippen LogP contribution in [0.4, 0.5) is 0 Å². The van der Waals surface area contributed by atoms with Crippen LogP contribution in [0.5, 0.6) is 0 Å². The van der Waals surface area contributed by atoms with Crippen LogP contribution >= 0.6 is 0 Å². The number of aliphatic hydroxyl groups is 1. The predicted octanol–water partition coefficient (Wildman–Crippen LogP) is 3.39. The molecule has 0 aliphatic heterocycles. The van der Waals surface area contributed by atoms with Crippen molar-refractivity contribution in [2.24, 2.45) is 0 Å². The van der Waals surface area contributed by atoms with Crippen LogP contribution in [0.25, 0.3) is 0 Å². The first-order chi connectivity index (χ1) is 7.98. The lowest BCUT2D eigenvalue weighted by Crippen LogP contribution is -2.11. The minimum absolute atomic E-state index is 0.149. The smallest absolute Gasteiger partial charge is 0.119 e. The number of rotatable bonds is 2. The van der Waals surface area contributed by atoms with Gasteiger partial charge in [-0.25, -0.2) is 0 Å². The molecular weight excluding hydrogens is 210 g/mol. The molecule has 0 saturated carbocycles. The summed E-state index contributed by atoms with van der Waals surface area (Å²) in [6.07, 6.45) is 1.25. The van der Waals surface area contributed by atoms with Gasteiger partial charge in [0.15, 0.2) is 0 Å². The first kappa shape index (κ1) is 11.9. The minimum atomic E-state index is -0.570. The molecule has 0 amide bonds. The van der Waals surface area contributed by atoms with Gasteiger partial charge in [0.2, 0.25) is 0 Å². The van der Waals surface area contributed by atoms with Crippen molar-refractivity contribution in [3.63, 3.8) is 0 Å². The van der Waals surface area contributed by atoms with Gasteiger partial charge in [-0.3, -0.25) is 0 Å². The van der Waals surface area contributed by atoms with Crippen molar-refractivity contribution in [2.45, 2.75) is 32.3 Å². The lowest BCUT2D eigenvalue weighted by molar-refractivity contribution is 0.216. The van der Waals surface area contributed by atoms with Crippen molar-refractivity contribution in [3.8, 4) is 0 Å². The Bertz CT molecular complexity index is 463. The molecule has 0 saturated heterocycles. The zero-order valence-electron chi connectivity index (χ0n) is 10.6. The highest BCUT2D eigenvalue weighted by atomic mass is 16.3. The molecule has 0 aliphatic rings. The fraction of sp³-hybridized carbons (Fsp3) is 0.333. The Hall–Kier alpha value is -1.54. The molecule has 0 spiro atoms. The van der Waals surface area contributed by atoms with E-state index in [1.165, 1.54) is 5.56 Å². The van der Waals surface area contributed by atoms with Gasteiger partial charge >= 0.3 is 0 Å². The van der Waals surface area contributed by atoms with Gasteiger partial charge in [-0.05, 0) is 28.7 Å². The van der Waals surface area contributed by atoms with Crippen LogP contribution in [-0.2, 0) is 5.41 Å². The van der Waals surface area contributed by atoms with Gasteiger partial charge in [-0.15, -0.1) is 0 Å². The number of hydrogen-bond donors (Lipinski definition) is 2. The Labute approximate surface area is 102 Å². The van der Waals surface area contributed by atoms with E-state index in [0.29, 0.717) is 0 Å². The van der Waals surface area contributed by atoms with Crippen LogP contribution in [0, 0.1) is 0 Å². The monoisotopic (exact) mass is 229 g/mol. The van der Waals surface area contributed by atoms with E-state index >= 15 is 0 Å². The van der Waals surface area contributed by atoms with Crippen LogP contribution < -0.4 is 0 Å². The molecule has 2 N–H and O–H groups in total. The van der Waals surface area contributed by atoms with Gasteiger partial charge in [0.05, 0.1) is 0 Å². The van der Waals surface area contributed by atoms with Gasteiger partial charge in [0.1, 0.15) is 6.10 Å². The van der Waals surface area contributed by atoms with Crippen LogP contribution in [-0.4, -0.2) is 10.1 Å². The molecular formula is C15H19NO. The number of aromatic amines is 1. The Morgan fingerprint density at radius 3 is 2.18 bits per heavy atom. The lowest BCUT2D eigenvalue weighted by atomic mass is 9.86. The van der Waals surface area contributed by atoms with Crippen molar-refractivity contribution in [1.82, 2.24) is 4.98 Å². The third-order valence-corrected chi connectivity index (χ3v) is 3.01. The van der Waals surface area contributed by atoms with E-state index < -0.39 is 6.10 Å². The number of nitrogens with one attached hydrogen (secondary N) is 1. The zero-order valence-corrected chi connectivity index (χ0v) is 10.6. The van der Waals surface area contributed by atoms with Gasteiger partial charge in [-0.1, -0.05) is 45.0 Å². The largest absolute Gasteiger partial charge is 0.382 e. The lowest BCUT2D eigenvalue weighted by Gasteiger charge is -2.19. The molecule has 1 unspecified atom stereocenters. The molecule has 1 aromatic heterocycles. The SMILES string of the molecule is CC(C)(C)c1ccc(C(O)c2ccc[nH]2)cc1. The summed E-state index contributed by atoms with van der Waals surface area (Å²) in [6.45, 7) is 6.55. The van der Waals surface area contributed by atoms with Crippen molar-refractivity contribution in [1.29, 1.82) is 0 Å². The molecule has 2 rings (SSSR count). The molecule has 0 radical (unpaired) electrons. The average Bonchev–Trinajstić information content (AvgIpc) is 2.80. The zero-order chi connectivity index (χ0) is 12.5. The maximum atomic E-state index is 10.1. The molecule has 0 bridgehead atoms. The topological polar surface area (TPSA) is 36.0 Å². The normalized spacial score (nSPS) is 13.6. The number of H-pyrrole nitrogens is 1. The second-order valence-corrected chi connectivity index (χ2v) is 5.40. The summed E-state index contributed by atoms with van der Waals surface area (Å²) in [5, 5.41) is 10.1. The summed E-state index contributed by atoms with van der Waals surface area (Å²) in [5.74, 6) is 0. The Kier molecular flexibility index (Phi) is 3.07. The fourth-order valence-electron chi connectivity index (χ4n) is 1.86. The third-order valence-electron chi connectivity index (χ3n) is 3.01. The first-order valence-electron chi connectivity index (χ1n) is 5.90. The summed E-state index contributed by atoms with van der Waals surface area (Å²) in [5.41, 5.74) is 3.17. The third kappa shape index (κ3) is 2.59. The van der Waals surface area contributed by atoms with E-state index in [0.717, 1.165) is 11.3 Å². The molecule has 0 aliphatic carbocycles. The molecule has 1 heterocycles. The van der Waals surface area contributed by atoms with Crippen molar-refractivity contribution < 1.29 is 5.11 Å². The maximum Gasteiger partial charge on any atom is 0.119 e. The summed E-state index contributed by atoms with van der Waals surface area (Å²) in [6, 6.07) is 11.9. The molecule has 17 heavy (non-hydrogen) atoms. The van der Waals surface area contributed by atoms with Crippen LogP contribution in [0.3, 0.4) is 0 Å². The van der Waals surface area contributed by atoms with Crippen LogP contribution in [0.15, 0.2) is 42.6 Å². The van der Waals surface area contributed by atoms with Crippen LogP contribution in [0.1, 0.15) is 43.7 Å². The Morgan fingerprint density at radius 1 is 1.06 bits per heavy atom. The Morgan fingerprint density at radius 2 is 1.71 bits per heavy atom. The molecule has 1 aromatic carbocycles. The van der Waals surface area contributed by atoms with Gasteiger partial charge < -0.3 is 10.1 Å². The Balaban J connectivity index is 2.24. The summed E-state index contributed by atoms with van der Waals surface area (Å²) in [7, 11) is 0. The van der Waals surface area contributed by atoms with Gasteiger partial charge in [0, 0.05) is 11.9 Å². The summed E-state index contributed by atoms with van der Waals surface area (Å²) < 4.78 is 0. The van der Waals surface area contributed by atoms with Crippen molar-refractivity contribution in [3.05, 3.63) is 59.4 Å². The van der Waals surface area contributed by atoms with E-state index in [-0.39, 0.29) is 5.41 Å². The van der Waals surface area contributed by atoms with Crippen molar-refractivity contribution in [2.75, 3.05) is 0 Å². The first-order valence-corrected chi connectivity index (χ1v) is 5.90. The van der Waals surface area contributed by atoms with Crippen molar-refractivity contribution >= 4 is 0 Å². The maximum absolute atomic E-state index is 10.1. The summed E-state index contributed by atoms with van der Waals surface area (Å²) >= 11 is 0. The van der Waals surface area contributed by atoms with E-state index in [4.69, 9.17) is 0 Å². The molecule has 2 nitrogen and oxygen atoms in total. The van der Waals surface area contributed by atoms with E-state index in [1.54, 1.807) is 0 Å². The highest BCUT2D eigenvalue weighted by Gasteiger charge is 2.15. The van der Waals surface area contributed by atoms with Gasteiger partial charge in [0.25, 0.3) is 0 Å². The quantitative estimate of drug-likeness (QED) is 0.813. The second-order valence-electron chi connectivity index (χ2n) is 5.40. The average molecular weight is 229 g/mol. The molecule has 90 valence electrons. The standard InChI is InChI=1S/C15H19NO/c1-15(2,3)12-8-6-11(7-9-12)14(17)13-5-4-10-16-13/h4-10,14,16-17H,1-3H3. The second kappa shape index (κ2) is 4.38. The highest BCUT2D eigenvalue weighted by molar-refractivity contribution is 5.31. The molecule has 1 atom stereocenters. The van der Waals surface area contributed by atoms with Crippen LogP contribution in [0.2, 0.25) is 0 Å². The summed E-state index contributed by atoms with van der Waals surface area (Å²) in [4.78, 5) is 3.03. The van der Waals surface area contributed by atoms with Gasteiger partial charge in [-0.2, -0.15) is 0 Å². The molecule has 0 fully saturated rings. The predicted molar refractivity (Wildman–Crippen MR) is 70.0 cm³/mol. The number of aliphatic hydroxyl groups excluding tert-OH is 1. The fourth-order valence-corrected chi connectivity index (χ4v) is 1.86. The number of benzene rings is 1. The van der Waals surface area contributed by atoms with E-state index in [2.05, 4.69) is 37.9 Å². The number of aromatic nitrogens is 1. The van der Waals surface area contributed by atoms with E-state index in [1.807, 2.05) is 30.5 Å². The minimum Gasteiger partial charge on any atom is -0.382 e. The molecule has 2 heteroatoms.